The second-order valence-electron chi connectivity index (χ2n) is 8.14. The Balaban J connectivity index is 1.59. The first-order chi connectivity index (χ1) is 13.4. The van der Waals surface area contributed by atoms with Gasteiger partial charge in [0.05, 0.1) is 17.3 Å². The molecule has 2 aromatic heterocycles. The quantitative estimate of drug-likeness (QED) is 0.715. The second kappa shape index (κ2) is 6.06. The highest BCUT2D eigenvalue weighted by Gasteiger charge is 2.49. The molecular weight excluding hydrogens is 376 g/mol. The average molecular weight is 399 g/mol. The summed E-state index contributed by atoms with van der Waals surface area (Å²) in [5.74, 6) is 1.64. The van der Waals surface area contributed by atoms with Crippen molar-refractivity contribution in [2.24, 2.45) is 7.05 Å². The van der Waals surface area contributed by atoms with Gasteiger partial charge in [-0.1, -0.05) is 11.6 Å². The minimum atomic E-state index is 0.111. The lowest BCUT2D eigenvalue weighted by Gasteiger charge is -2.51. The molecule has 2 aliphatic heterocycles. The molecule has 1 spiro atoms. The number of phenolic OH excluding ortho intramolecular Hbond substituents is 1. The topological polar surface area (TPSA) is 70.3 Å². The first-order valence-corrected chi connectivity index (χ1v) is 9.91. The summed E-state index contributed by atoms with van der Waals surface area (Å²) >= 11 is 6.06. The van der Waals surface area contributed by atoms with Crippen molar-refractivity contribution in [3.8, 4) is 17.1 Å². The number of anilines is 1. The molecule has 3 aromatic rings. The van der Waals surface area contributed by atoms with E-state index in [4.69, 9.17) is 21.6 Å². The first kappa shape index (κ1) is 17.7. The summed E-state index contributed by atoms with van der Waals surface area (Å²) in [6.45, 7) is 5.05. The van der Waals surface area contributed by atoms with Crippen molar-refractivity contribution in [2.75, 3.05) is 31.6 Å². The van der Waals surface area contributed by atoms with Crippen LogP contribution in [-0.4, -0.2) is 61.7 Å². The molecule has 7 nitrogen and oxygen atoms in total. The zero-order valence-electron chi connectivity index (χ0n) is 16.3. The number of nitrogens with zero attached hydrogens (tertiary/aromatic N) is 6. The minimum absolute atomic E-state index is 0.111. The number of aromatic hydroxyl groups is 1. The Morgan fingerprint density at radius 1 is 1.18 bits per heavy atom. The number of benzene rings is 1. The summed E-state index contributed by atoms with van der Waals surface area (Å²) < 4.78 is 1.87. The van der Waals surface area contributed by atoms with Gasteiger partial charge in [-0.15, -0.1) is 0 Å². The standard InChI is InChI=1S/C20H23ClN6O/c1-12-7-13(21)8-14(28)16(12)18-24-17-19(26(18)3)22-9-15(23-17)27-6-4-5-20(27)10-25(2)11-20/h7-9,28H,4-6,10-11H2,1-3H3. The average Bonchev–Trinajstić information content (AvgIpc) is 3.16. The van der Waals surface area contributed by atoms with Crippen LogP contribution in [0.4, 0.5) is 5.82 Å². The lowest BCUT2D eigenvalue weighted by atomic mass is 9.87. The van der Waals surface area contributed by atoms with Crippen molar-refractivity contribution < 1.29 is 5.11 Å². The molecule has 0 saturated carbocycles. The molecule has 0 bridgehead atoms. The van der Waals surface area contributed by atoms with Gasteiger partial charge in [-0.2, -0.15) is 0 Å². The molecule has 1 N–H and O–H groups in total. The van der Waals surface area contributed by atoms with Crippen LogP contribution in [0.5, 0.6) is 5.75 Å². The molecule has 0 atom stereocenters. The van der Waals surface area contributed by atoms with E-state index in [0.29, 0.717) is 27.7 Å². The van der Waals surface area contributed by atoms with Gasteiger partial charge < -0.3 is 19.5 Å². The van der Waals surface area contributed by atoms with Gasteiger partial charge in [0.2, 0.25) is 0 Å². The molecule has 0 aliphatic carbocycles. The van der Waals surface area contributed by atoms with Crippen LogP contribution in [0.3, 0.4) is 0 Å². The maximum atomic E-state index is 10.4. The van der Waals surface area contributed by atoms with Crippen molar-refractivity contribution in [1.29, 1.82) is 0 Å². The summed E-state index contributed by atoms with van der Waals surface area (Å²) in [4.78, 5) is 19.0. The van der Waals surface area contributed by atoms with Gasteiger partial charge in [0.1, 0.15) is 17.4 Å². The van der Waals surface area contributed by atoms with E-state index in [0.717, 1.165) is 31.0 Å². The summed E-state index contributed by atoms with van der Waals surface area (Å²) in [5, 5.41) is 10.9. The van der Waals surface area contributed by atoms with E-state index >= 15 is 0 Å². The van der Waals surface area contributed by atoms with Crippen LogP contribution in [0.1, 0.15) is 18.4 Å². The van der Waals surface area contributed by atoms with Crippen LogP contribution in [-0.2, 0) is 7.05 Å². The van der Waals surface area contributed by atoms with Crippen molar-refractivity contribution >= 4 is 28.7 Å². The highest BCUT2D eigenvalue weighted by Crippen LogP contribution is 2.40. The van der Waals surface area contributed by atoms with Gasteiger partial charge in [-0.05, 0) is 44.5 Å². The van der Waals surface area contributed by atoms with Crippen molar-refractivity contribution in [2.45, 2.75) is 25.3 Å². The Morgan fingerprint density at radius 2 is 1.96 bits per heavy atom. The third-order valence-corrected chi connectivity index (χ3v) is 6.29. The summed E-state index contributed by atoms with van der Waals surface area (Å²) in [7, 11) is 4.05. The third kappa shape index (κ3) is 2.49. The van der Waals surface area contributed by atoms with Crippen molar-refractivity contribution in [3.05, 3.63) is 28.9 Å². The Hall–Kier alpha value is -2.38. The van der Waals surface area contributed by atoms with E-state index in [-0.39, 0.29) is 11.3 Å². The number of aryl methyl sites for hydroxylation is 2. The number of fused-ring (bicyclic) bond motifs is 1. The van der Waals surface area contributed by atoms with Crippen LogP contribution in [0.15, 0.2) is 18.3 Å². The molecule has 2 aliphatic rings. The van der Waals surface area contributed by atoms with Gasteiger partial charge in [-0.25, -0.2) is 15.0 Å². The highest BCUT2D eigenvalue weighted by atomic mass is 35.5. The van der Waals surface area contributed by atoms with E-state index in [1.54, 1.807) is 0 Å². The van der Waals surface area contributed by atoms with Crippen LogP contribution in [0, 0.1) is 6.92 Å². The minimum Gasteiger partial charge on any atom is -0.507 e. The predicted octanol–water partition coefficient (Wildman–Crippen LogP) is 2.98. The Morgan fingerprint density at radius 3 is 2.68 bits per heavy atom. The Bertz CT molecular complexity index is 1060. The number of hydrogen-bond acceptors (Lipinski definition) is 6. The predicted molar refractivity (Wildman–Crippen MR) is 110 cm³/mol. The number of likely N-dealkylation sites (N-methyl/N-ethyl adjacent to an activating group) is 1. The largest absolute Gasteiger partial charge is 0.507 e. The van der Waals surface area contributed by atoms with Crippen LogP contribution in [0.2, 0.25) is 5.02 Å². The molecular formula is C20H23ClN6O. The smallest absolute Gasteiger partial charge is 0.200 e. The summed E-state index contributed by atoms with van der Waals surface area (Å²) in [6.07, 6.45) is 4.23. The zero-order chi connectivity index (χ0) is 19.6. The Labute approximate surface area is 168 Å². The Kier molecular flexibility index (Phi) is 3.83. The molecule has 2 saturated heterocycles. The lowest BCUT2D eigenvalue weighted by molar-refractivity contribution is 0.102. The molecule has 5 rings (SSSR count). The number of aromatic nitrogens is 4. The second-order valence-corrected chi connectivity index (χ2v) is 8.57. The van der Waals surface area contributed by atoms with Crippen molar-refractivity contribution in [1.82, 2.24) is 24.4 Å². The maximum absolute atomic E-state index is 10.4. The van der Waals surface area contributed by atoms with Crippen molar-refractivity contribution in [3.63, 3.8) is 0 Å². The van der Waals surface area contributed by atoms with Crippen LogP contribution < -0.4 is 4.90 Å². The van der Waals surface area contributed by atoms with Gasteiger partial charge in [-0.3, -0.25) is 0 Å². The maximum Gasteiger partial charge on any atom is 0.200 e. The zero-order valence-corrected chi connectivity index (χ0v) is 17.0. The van der Waals surface area contributed by atoms with E-state index in [1.807, 2.05) is 30.8 Å². The molecule has 4 heterocycles. The summed E-state index contributed by atoms with van der Waals surface area (Å²) in [6, 6.07) is 3.36. The molecule has 8 heteroatoms. The monoisotopic (exact) mass is 398 g/mol. The molecule has 0 radical (unpaired) electrons. The van der Waals surface area contributed by atoms with Crippen LogP contribution >= 0.6 is 11.6 Å². The number of rotatable bonds is 2. The summed E-state index contributed by atoms with van der Waals surface area (Å²) in [5.41, 5.74) is 3.01. The number of imidazole rings is 1. The molecule has 2 fully saturated rings. The van der Waals surface area contributed by atoms with Gasteiger partial charge >= 0.3 is 0 Å². The van der Waals surface area contributed by atoms with E-state index < -0.39 is 0 Å². The van der Waals surface area contributed by atoms with E-state index in [9.17, 15) is 5.11 Å². The molecule has 0 unspecified atom stereocenters. The molecule has 28 heavy (non-hydrogen) atoms. The van der Waals surface area contributed by atoms with Crippen LogP contribution in [0.25, 0.3) is 22.7 Å². The normalized spacial score (nSPS) is 18.9. The fourth-order valence-corrected chi connectivity index (χ4v) is 5.17. The van der Waals surface area contributed by atoms with E-state index in [1.165, 1.54) is 18.9 Å². The molecule has 1 aromatic carbocycles. The fraction of sp³-hybridized carbons (Fsp3) is 0.450. The van der Waals surface area contributed by atoms with E-state index in [2.05, 4.69) is 21.8 Å². The third-order valence-electron chi connectivity index (χ3n) is 6.07. The molecule has 146 valence electrons. The van der Waals surface area contributed by atoms with Gasteiger partial charge in [0.25, 0.3) is 0 Å². The lowest BCUT2D eigenvalue weighted by Crippen LogP contribution is -2.66. The first-order valence-electron chi connectivity index (χ1n) is 9.53. The number of hydrogen-bond donors (Lipinski definition) is 1. The highest BCUT2D eigenvalue weighted by molar-refractivity contribution is 6.31. The van der Waals surface area contributed by atoms with Gasteiger partial charge in [0.15, 0.2) is 11.3 Å². The number of phenols is 1. The van der Waals surface area contributed by atoms with Gasteiger partial charge in [0, 0.05) is 31.7 Å². The number of likely N-dealkylation sites (tertiary alicyclic amines) is 1. The number of halogens is 1. The molecule has 0 amide bonds. The SMILES string of the molecule is Cc1cc(Cl)cc(O)c1-c1nc2nc(N3CCCC34CN(C)C4)cnc2n1C. The fourth-order valence-electron chi connectivity index (χ4n) is 4.90.